The highest BCUT2D eigenvalue weighted by atomic mass is 16.3. The molecule has 0 atom stereocenters. The minimum atomic E-state index is 0.420. The van der Waals surface area contributed by atoms with Crippen LogP contribution in [0.25, 0.3) is 11.1 Å². The molecule has 2 rings (SSSR count). The Kier molecular flexibility index (Phi) is 3.48. The lowest BCUT2D eigenvalue weighted by Gasteiger charge is -2.14. The molecule has 1 nitrogen and oxygen atoms in total. The van der Waals surface area contributed by atoms with Gasteiger partial charge in [0, 0.05) is 0 Å². The lowest BCUT2D eigenvalue weighted by atomic mass is 9.92. The van der Waals surface area contributed by atoms with Gasteiger partial charge in [0.1, 0.15) is 5.75 Å². The zero-order valence-electron chi connectivity index (χ0n) is 10.4. The molecule has 17 heavy (non-hydrogen) atoms. The first-order chi connectivity index (χ1) is 8.27. The first kappa shape index (κ1) is 11.7. The average Bonchev–Trinajstić information content (AvgIpc) is 2.39. The monoisotopic (exact) mass is 226 g/mol. The largest absolute Gasteiger partial charge is 0.508 e. The topological polar surface area (TPSA) is 20.2 Å². The number of phenols is 1. The summed E-state index contributed by atoms with van der Waals surface area (Å²) < 4.78 is 0. The summed E-state index contributed by atoms with van der Waals surface area (Å²) in [6.07, 6.45) is 1.82. The zero-order chi connectivity index (χ0) is 12.3. The Balaban J connectivity index is 2.63. The van der Waals surface area contributed by atoms with Crippen molar-refractivity contribution in [3.8, 4) is 16.9 Å². The maximum absolute atomic E-state index is 9.89. The van der Waals surface area contributed by atoms with Gasteiger partial charge in [0.2, 0.25) is 0 Å². The van der Waals surface area contributed by atoms with Crippen LogP contribution in [0.5, 0.6) is 5.75 Å². The van der Waals surface area contributed by atoms with E-state index in [1.807, 2.05) is 24.3 Å². The first-order valence-corrected chi connectivity index (χ1v) is 6.17. The van der Waals surface area contributed by atoms with Crippen molar-refractivity contribution in [3.05, 3.63) is 53.6 Å². The third-order valence-corrected chi connectivity index (χ3v) is 3.20. The van der Waals surface area contributed by atoms with Crippen LogP contribution in [-0.4, -0.2) is 5.11 Å². The SMILES string of the molecule is CCc1c(O)ccc(-c2ccccc2)c1CC. The van der Waals surface area contributed by atoms with Gasteiger partial charge in [-0.15, -0.1) is 0 Å². The van der Waals surface area contributed by atoms with Crippen LogP contribution in [-0.2, 0) is 12.8 Å². The lowest BCUT2D eigenvalue weighted by Crippen LogP contribution is -1.95. The molecule has 1 heteroatoms. The van der Waals surface area contributed by atoms with Gasteiger partial charge in [0.05, 0.1) is 0 Å². The Bertz CT molecular complexity index is 500. The second kappa shape index (κ2) is 5.05. The van der Waals surface area contributed by atoms with Gasteiger partial charge in [-0.2, -0.15) is 0 Å². The van der Waals surface area contributed by atoms with Gasteiger partial charge in [0.25, 0.3) is 0 Å². The van der Waals surface area contributed by atoms with E-state index in [1.165, 1.54) is 16.7 Å². The van der Waals surface area contributed by atoms with Crippen molar-refractivity contribution in [2.75, 3.05) is 0 Å². The van der Waals surface area contributed by atoms with Crippen molar-refractivity contribution in [2.24, 2.45) is 0 Å². The van der Waals surface area contributed by atoms with Crippen molar-refractivity contribution >= 4 is 0 Å². The van der Waals surface area contributed by atoms with E-state index in [2.05, 4.69) is 26.0 Å². The predicted octanol–water partition coefficient (Wildman–Crippen LogP) is 4.18. The van der Waals surface area contributed by atoms with E-state index in [9.17, 15) is 5.11 Å². The highest BCUT2D eigenvalue weighted by Gasteiger charge is 2.11. The fourth-order valence-corrected chi connectivity index (χ4v) is 2.37. The average molecular weight is 226 g/mol. The summed E-state index contributed by atoms with van der Waals surface area (Å²) in [4.78, 5) is 0. The summed E-state index contributed by atoms with van der Waals surface area (Å²) in [7, 11) is 0. The third-order valence-electron chi connectivity index (χ3n) is 3.20. The molecule has 0 aliphatic heterocycles. The molecule has 0 spiro atoms. The van der Waals surface area contributed by atoms with Gasteiger partial charge in [-0.1, -0.05) is 50.2 Å². The van der Waals surface area contributed by atoms with E-state index >= 15 is 0 Å². The molecule has 2 aromatic rings. The molecule has 0 aliphatic rings. The molecule has 88 valence electrons. The summed E-state index contributed by atoms with van der Waals surface area (Å²) >= 11 is 0. The maximum atomic E-state index is 9.89. The van der Waals surface area contributed by atoms with Crippen LogP contribution in [0.1, 0.15) is 25.0 Å². The molecular weight excluding hydrogens is 208 g/mol. The lowest BCUT2D eigenvalue weighted by molar-refractivity contribution is 0.468. The fourth-order valence-electron chi connectivity index (χ4n) is 2.37. The molecular formula is C16H18O. The molecule has 0 radical (unpaired) electrons. The van der Waals surface area contributed by atoms with Crippen LogP contribution >= 0.6 is 0 Å². The normalized spacial score (nSPS) is 10.5. The van der Waals surface area contributed by atoms with Gasteiger partial charge in [-0.3, -0.25) is 0 Å². The minimum absolute atomic E-state index is 0.420. The van der Waals surface area contributed by atoms with Gasteiger partial charge < -0.3 is 5.11 Å². The van der Waals surface area contributed by atoms with Crippen molar-refractivity contribution < 1.29 is 5.11 Å². The number of hydrogen-bond acceptors (Lipinski definition) is 1. The van der Waals surface area contributed by atoms with Crippen molar-refractivity contribution in [1.29, 1.82) is 0 Å². The Morgan fingerprint density at radius 3 is 2.06 bits per heavy atom. The van der Waals surface area contributed by atoms with Crippen molar-refractivity contribution in [3.63, 3.8) is 0 Å². The number of phenolic OH excluding ortho intramolecular Hbond substituents is 1. The number of rotatable bonds is 3. The van der Waals surface area contributed by atoms with E-state index in [-0.39, 0.29) is 0 Å². The van der Waals surface area contributed by atoms with E-state index in [0.29, 0.717) is 5.75 Å². The number of benzene rings is 2. The van der Waals surface area contributed by atoms with Crippen LogP contribution < -0.4 is 0 Å². The molecule has 0 unspecified atom stereocenters. The first-order valence-electron chi connectivity index (χ1n) is 6.17. The van der Waals surface area contributed by atoms with E-state index in [1.54, 1.807) is 6.07 Å². The van der Waals surface area contributed by atoms with Gasteiger partial charge in [-0.05, 0) is 41.2 Å². The molecule has 0 fully saturated rings. The Morgan fingerprint density at radius 1 is 0.824 bits per heavy atom. The zero-order valence-corrected chi connectivity index (χ0v) is 10.4. The van der Waals surface area contributed by atoms with Crippen LogP contribution in [0.2, 0.25) is 0 Å². The molecule has 0 saturated carbocycles. The van der Waals surface area contributed by atoms with Gasteiger partial charge >= 0.3 is 0 Å². The van der Waals surface area contributed by atoms with Crippen LogP contribution in [0.3, 0.4) is 0 Å². The van der Waals surface area contributed by atoms with Crippen LogP contribution in [0, 0.1) is 0 Å². The van der Waals surface area contributed by atoms with E-state index in [0.717, 1.165) is 18.4 Å². The molecule has 0 aromatic heterocycles. The highest BCUT2D eigenvalue weighted by molar-refractivity contribution is 5.70. The predicted molar refractivity (Wildman–Crippen MR) is 72.3 cm³/mol. The second-order valence-corrected chi connectivity index (χ2v) is 4.16. The maximum Gasteiger partial charge on any atom is 0.119 e. The summed E-state index contributed by atoms with van der Waals surface area (Å²) in [5, 5.41) is 9.89. The summed E-state index contributed by atoms with van der Waals surface area (Å²) in [6.45, 7) is 4.23. The van der Waals surface area contributed by atoms with Crippen LogP contribution in [0.4, 0.5) is 0 Å². The van der Waals surface area contributed by atoms with Crippen molar-refractivity contribution in [1.82, 2.24) is 0 Å². The molecule has 0 heterocycles. The fraction of sp³-hybridized carbons (Fsp3) is 0.250. The van der Waals surface area contributed by atoms with E-state index in [4.69, 9.17) is 0 Å². The van der Waals surface area contributed by atoms with Gasteiger partial charge in [0.15, 0.2) is 0 Å². The quantitative estimate of drug-likeness (QED) is 0.832. The molecule has 2 aromatic carbocycles. The van der Waals surface area contributed by atoms with Crippen LogP contribution in [0.15, 0.2) is 42.5 Å². The number of aromatic hydroxyl groups is 1. The minimum Gasteiger partial charge on any atom is -0.508 e. The van der Waals surface area contributed by atoms with Gasteiger partial charge in [-0.25, -0.2) is 0 Å². The summed E-state index contributed by atoms with van der Waals surface area (Å²) in [5.41, 5.74) is 4.80. The Labute approximate surface area is 103 Å². The molecule has 0 saturated heterocycles. The Morgan fingerprint density at radius 2 is 1.47 bits per heavy atom. The number of hydrogen-bond donors (Lipinski definition) is 1. The molecule has 0 bridgehead atoms. The molecule has 0 amide bonds. The summed E-state index contributed by atoms with van der Waals surface area (Å²) in [6, 6.07) is 14.2. The molecule has 0 aliphatic carbocycles. The summed E-state index contributed by atoms with van der Waals surface area (Å²) in [5.74, 6) is 0.420. The highest BCUT2D eigenvalue weighted by Crippen LogP contribution is 2.32. The molecule has 1 N–H and O–H groups in total. The standard InChI is InChI=1S/C16H18O/c1-3-13-14(4-2)16(17)11-10-15(13)12-8-6-5-7-9-12/h5-11,17H,3-4H2,1-2H3. The Hall–Kier alpha value is -1.76. The smallest absolute Gasteiger partial charge is 0.119 e. The van der Waals surface area contributed by atoms with Crippen molar-refractivity contribution in [2.45, 2.75) is 26.7 Å². The van der Waals surface area contributed by atoms with E-state index < -0.39 is 0 Å². The second-order valence-electron chi connectivity index (χ2n) is 4.16. The third kappa shape index (κ3) is 2.19.